The topological polar surface area (TPSA) is 74.8 Å². The van der Waals surface area contributed by atoms with E-state index >= 15 is 0 Å². The lowest BCUT2D eigenvalue weighted by molar-refractivity contribution is 0.0954. The quantitative estimate of drug-likeness (QED) is 0.775. The molecule has 0 fully saturated rings. The van der Waals surface area contributed by atoms with Crippen molar-refractivity contribution in [3.63, 3.8) is 0 Å². The lowest BCUT2D eigenvalue weighted by atomic mass is 10.0. The van der Waals surface area contributed by atoms with Crippen molar-refractivity contribution < 1.29 is 4.79 Å². The van der Waals surface area contributed by atoms with Gasteiger partial charge in [0.05, 0.1) is 0 Å². The van der Waals surface area contributed by atoms with Crippen LogP contribution in [-0.4, -0.2) is 22.4 Å². The van der Waals surface area contributed by atoms with E-state index < -0.39 is 0 Å². The van der Waals surface area contributed by atoms with Crippen molar-refractivity contribution in [1.29, 1.82) is 0 Å². The minimum atomic E-state index is -0.166. The van der Waals surface area contributed by atoms with Crippen LogP contribution in [0.3, 0.4) is 0 Å². The van der Waals surface area contributed by atoms with E-state index in [1.54, 1.807) is 24.5 Å². The van der Waals surface area contributed by atoms with Crippen LogP contribution in [0.2, 0.25) is 0 Å². The molecule has 0 saturated carbocycles. The van der Waals surface area contributed by atoms with Crippen molar-refractivity contribution in [1.82, 2.24) is 15.3 Å². The number of nitrogens with zero attached hydrogens (tertiary/aromatic N) is 1. The summed E-state index contributed by atoms with van der Waals surface area (Å²) in [6, 6.07) is 9.27. The molecule has 3 aromatic rings. The second-order valence-electron chi connectivity index (χ2n) is 5.89. The first-order valence-corrected chi connectivity index (χ1v) is 7.86. The van der Waals surface area contributed by atoms with Crippen LogP contribution >= 0.6 is 0 Å². The number of rotatable bonds is 4. The molecule has 5 nitrogen and oxygen atoms in total. The smallest absolute Gasteiger partial charge is 0.251 e. The van der Waals surface area contributed by atoms with Gasteiger partial charge in [0, 0.05) is 35.6 Å². The number of carbonyl (C=O) groups excluding carboxylic acids is 1. The Bertz CT molecular complexity index is 946. The number of pyridine rings is 2. The predicted molar refractivity (Wildman–Crippen MR) is 94.3 cm³/mol. The van der Waals surface area contributed by atoms with Crippen LogP contribution in [0.1, 0.15) is 27.0 Å². The van der Waals surface area contributed by atoms with E-state index in [9.17, 15) is 9.59 Å². The van der Waals surface area contributed by atoms with Crippen molar-refractivity contribution >= 4 is 16.8 Å². The van der Waals surface area contributed by atoms with E-state index in [1.165, 1.54) is 5.56 Å². The Morgan fingerprint density at radius 1 is 1.12 bits per heavy atom. The Balaban J connectivity index is 1.73. The highest BCUT2D eigenvalue weighted by atomic mass is 16.1. The summed E-state index contributed by atoms with van der Waals surface area (Å²) in [7, 11) is 0. The Labute approximate surface area is 139 Å². The van der Waals surface area contributed by atoms with Gasteiger partial charge in [-0.3, -0.25) is 14.6 Å². The average Bonchev–Trinajstić information content (AvgIpc) is 2.58. The van der Waals surface area contributed by atoms with Crippen LogP contribution in [0.15, 0.2) is 47.5 Å². The first-order valence-electron chi connectivity index (χ1n) is 7.86. The van der Waals surface area contributed by atoms with Crippen molar-refractivity contribution in [2.45, 2.75) is 20.3 Å². The minimum absolute atomic E-state index is 0.107. The van der Waals surface area contributed by atoms with Gasteiger partial charge in [0.1, 0.15) is 0 Å². The van der Waals surface area contributed by atoms with E-state index in [2.05, 4.69) is 28.3 Å². The van der Waals surface area contributed by atoms with Crippen molar-refractivity contribution in [3.05, 3.63) is 75.3 Å². The Morgan fingerprint density at radius 2 is 1.83 bits per heavy atom. The van der Waals surface area contributed by atoms with Gasteiger partial charge in [0.2, 0.25) is 0 Å². The van der Waals surface area contributed by atoms with E-state index in [4.69, 9.17) is 0 Å². The van der Waals surface area contributed by atoms with Gasteiger partial charge in [-0.2, -0.15) is 0 Å². The van der Waals surface area contributed by atoms with Crippen LogP contribution in [0.4, 0.5) is 0 Å². The molecule has 0 bridgehead atoms. The van der Waals surface area contributed by atoms with Gasteiger partial charge < -0.3 is 10.3 Å². The fraction of sp³-hybridized carbons (Fsp3) is 0.211. The molecule has 0 radical (unpaired) electrons. The molecule has 0 unspecified atom stereocenters. The summed E-state index contributed by atoms with van der Waals surface area (Å²) >= 11 is 0. The first-order chi connectivity index (χ1) is 11.5. The average molecular weight is 321 g/mol. The van der Waals surface area contributed by atoms with Gasteiger partial charge in [-0.25, -0.2) is 0 Å². The minimum Gasteiger partial charge on any atom is -0.352 e. The maximum Gasteiger partial charge on any atom is 0.251 e. The molecule has 122 valence electrons. The third-order valence-electron chi connectivity index (χ3n) is 4.16. The molecule has 2 N–H and O–H groups in total. The number of hydrogen-bond donors (Lipinski definition) is 2. The number of aromatic nitrogens is 2. The van der Waals surface area contributed by atoms with Gasteiger partial charge in [0.25, 0.3) is 11.5 Å². The number of aryl methyl sites for hydroxylation is 2. The summed E-state index contributed by atoms with van der Waals surface area (Å²) in [5, 5.41) is 3.83. The SMILES string of the molecule is Cc1cc2cc(CCNC(=O)c3ccncc3)c(=O)[nH]c2cc1C. The lowest BCUT2D eigenvalue weighted by Crippen LogP contribution is -2.27. The van der Waals surface area contributed by atoms with Crippen LogP contribution < -0.4 is 10.9 Å². The summed E-state index contributed by atoms with van der Waals surface area (Å²) in [6.07, 6.45) is 3.63. The molecule has 24 heavy (non-hydrogen) atoms. The van der Waals surface area contributed by atoms with Crippen LogP contribution in [0.25, 0.3) is 10.9 Å². The number of H-pyrrole nitrogens is 1. The van der Waals surface area contributed by atoms with E-state index in [0.717, 1.165) is 16.5 Å². The highest BCUT2D eigenvalue weighted by Crippen LogP contribution is 2.17. The van der Waals surface area contributed by atoms with Crippen LogP contribution in [0, 0.1) is 13.8 Å². The normalized spacial score (nSPS) is 10.8. The Morgan fingerprint density at radius 3 is 2.58 bits per heavy atom. The number of amides is 1. The fourth-order valence-electron chi connectivity index (χ4n) is 2.62. The van der Waals surface area contributed by atoms with E-state index in [-0.39, 0.29) is 11.5 Å². The number of nitrogens with one attached hydrogen (secondary N) is 2. The predicted octanol–water partition coefficient (Wildman–Crippen LogP) is 2.51. The standard InChI is InChI=1S/C19H19N3O2/c1-12-9-16-11-15(19(24)22-17(16)10-13(12)2)5-8-21-18(23)14-3-6-20-7-4-14/h3-4,6-7,9-11H,5,8H2,1-2H3,(H,21,23)(H,22,24). The zero-order valence-electron chi connectivity index (χ0n) is 13.7. The van der Waals surface area contributed by atoms with Crippen molar-refractivity contribution in [3.8, 4) is 0 Å². The molecule has 0 saturated heterocycles. The van der Waals surface area contributed by atoms with Crippen LogP contribution in [0.5, 0.6) is 0 Å². The monoisotopic (exact) mass is 321 g/mol. The second-order valence-corrected chi connectivity index (χ2v) is 5.89. The molecule has 0 aliphatic rings. The summed E-state index contributed by atoms with van der Waals surface area (Å²) in [4.78, 5) is 31.0. The summed E-state index contributed by atoms with van der Waals surface area (Å²) < 4.78 is 0. The molecular formula is C19H19N3O2. The summed E-state index contributed by atoms with van der Waals surface area (Å²) in [6.45, 7) is 4.48. The molecule has 5 heteroatoms. The molecule has 1 amide bonds. The Hall–Kier alpha value is -2.95. The molecule has 0 atom stereocenters. The number of hydrogen-bond acceptors (Lipinski definition) is 3. The van der Waals surface area contributed by atoms with E-state index in [1.807, 2.05) is 19.1 Å². The molecule has 3 rings (SSSR count). The zero-order valence-corrected chi connectivity index (χ0v) is 13.7. The fourth-order valence-corrected chi connectivity index (χ4v) is 2.62. The lowest BCUT2D eigenvalue weighted by Gasteiger charge is -2.08. The first kappa shape index (κ1) is 15.9. The third-order valence-corrected chi connectivity index (χ3v) is 4.16. The van der Waals surface area contributed by atoms with Gasteiger partial charge in [-0.15, -0.1) is 0 Å². The summed E-state index contributed by atoms with van der Waals surface area (Å²) in [5.74, 6) is -0.166. The van der Waals surface area contributed by atoms with Crippen LogP contribution in [-0.2, 0) is 6.42 Å². The molecule has 0 spiro atoms. The largest absolute Gasteiger partial charge is 0.352 e. The number of fused-ring (bicyclic) bond motifs is 1. The highest BCUT2D eigenvalue weighted by Gasteiger charge is 2.07. The van der Waals surface area contributed by atoms with Crippen molar-refractivity contribution in [2.75, 3.05) is 6.54 Å². The van der Waals surface area contributed by atoms with Crippen molar-refractivity contribution in [2.24, 2.45) is 0 Å². The molecule has 1 aromatic carbocycles. The van der Waals surface area contributed by atoms with Gasteiger partial charge in [-0.1, -0.05) is 0 Å². The molecule has 0 aliphatic heterocycles. The maximum atomic E-state index is 12.2. The van der Waals surface area contributed by atoms with E-state index in [0.29, 0.717) is 24.1 Å². The van der Waals surface area contributed by atoms with Gasteiger partial charge >= 0.3 is 0 Å². The zero-order chi connectivity index (χ0) is 17.1. The number of aromatic amines is 1. The highest BCUT2D eigenvalue weighted by molar-refractivity contribution is 5.93. The third kappa shape index (κ3) is 3.35. The van der Waals surface area contributed by atoms with Gasteiger partial charge in [0.15, 0.2) is 0 Å². The number of carbonyl (C=O) groups is 1. The summed E-state index contributed by atoms with van der Waals surface area (Å²) in [5.41, 5.74) is 4.29. The molecule has 2 aromatic heterocycles. The Kier molecular flexibility index (Phi) is 4.42. The number of benzene rings is 1. The molecular weight excluding hydrogens is 302 g/mol. The second kappa shape index (κ2) is 6.66. The molecule has 0 aliphatic carbocycles. The molecule has 2 heterocycles. The maximum absolute atomic E-state index is 12.2. The van der Waals surface area contributed by atoms with Gasteiger partial charge in [-0.05, 0) is 67.1 Å².